The highest BCUT2D eigenvalue weighted by Crippen LogP contribution is 2.47. The van der Waals surface area contributed by atoms with Crippen LogP contribution in [0.4, 0.5) is 13.2 Å². The van der Waals surface area contributed by atoms with Crippen molar-refractivity contribution in [2.45, 2.75) is 63.8 Å². The second kappa shape index (κ2) is 9.72. The van der Waals surface area contributed by atoms with E-state index < -0.39 is 17.3 Å². The third-order valence-electron chi connectivity index (χ3n) is 6.61. The van der Waals surface area contributed by atoms with Gasteiger partial charge in [-0.05, 0) is 71.0 Å². The third-order valence-corrected chi connectivity index (χ3v) is 6.61. The summed E-state index contributed by atoms with van der Waals surface area (Å²) in [6.45, 7) is 8.30. The Morgan fingerprint density at radius 1 is 1.09 bits per heavy atom. The van der Waals surface area contributed by atoms with Crippen LogP contribution in [-0.4, -0.2) is 42.7 Å². The second-order valence-corrected chi connectivity index (χ2v) is 10.3. The first kappa shape index (κ1) is 25.4. The maximum atomic E-state index is 13.3. The van der Waals surface area contributed by atoms with Gasteiger partial charge >= 0.3 is 12.1 Å². The van der Waals surface area contributed by atoms with Gasteiger partial charge in [-0.15, -0.1) is 0 Å². The number of benzene rings is 2. The lowest BCUT2D eigenvalue weighted by atomic mass is 9.74. The quantitative estimate of drug-likeness (QED) is 0.482. The standard InChI is InChI=1S/C27H32F3NO4/c1-25(2,3)35-24(32)10-13-31-14-11-26(12-15-31)18-34-23-9-8-20(16-22(23)26)33-17-19-6-4-5-7-21(19)27(28,29)30/h4-9,16H,10-15,17-18H2,1-3H3. The first-order valence-corrected chi connectivity index (χ1v) is 11.9. The zero-order valence-corrected chi connectivity index (χ0v) is 20.4. The minimum atomic E-state index is -4.42. The van der Waals surface area contributed by atoms with Gasteiger partial charge < -0.3 is 19.1 Å². The Balaban J connectivity index is 1.38. The lowest BCUT2D eigenvalue weighted by Gasteiger charge is -2.38. The number of hydrogen-bond donors (Lipinski definition) is 0. The Hall–Kier alpha value is -2.74. The molecule has 0 aromatic heterocycles. The Morgan fingerprint density at radius 3 is 2.49 bits per heavy atom. The van der Waals surface area contributed by atoms with Gasteiger partial charge in [0.15, 0.2) is 0 Å². The van der Waals surface area contributed by atoms with Crippen LogP contribution in [0.25, 0.3) is 0 Å². The molecule has 2 aromatic rings. The van der Waals surface area contributed by atoms with Crippen LogP contribution < -0.4 is 9.47 Å². The molecule has 2 aromatic carbocycles. The van der Waals surface area contributed by atoms with Gasteiger partial charge in [0.25, 0.3) is 0 Å². The third kappa shape index (κ3) is 6.10. The maximum absolute atomic E-state index is 13.3. The van der Waals surface area contributed by atoms with Gasteiger partial charge in [0.2, 0.25) is 0 Å². The fourth-order valence-electron chi connectivity index (χ4n) is 4.78. The minimum Gasteiger partial charge on any atom is -0.492 e. The van der Waals surface area contributed by atoms with Crippen LogP contribution in [0.2, 0.25) is 0 Å². The van der Waals surface area contributed by atoms with Crippen LogP contribution in [0.1, 0.15) is 56.7 Å². The summed E-state index contributed by atoms with van der Waals surface area (Å²) in [5.74, 6) is 1.13. The average Bonchev–Trinajstić information content (AvgIpc) is 3.13. The van der Waals surface area contributed by atoms with Crippen LogP contribution >= 0.6 is 0 Å². The van der Waals surface area contributed by atoms with Crippen molar-refractivity contribution in [3.05, 3.63) is 59.2 Å². The minimum absolute atomic E-state index is 0.102. The van der Waals surface area contributed by atoms with Crippen molar-refractivity contribution in [3.8, 4) is 11.5 Å². The Morgan fingerprint density at radius 2 is 1.80 bits per heavy atom. The van der Waals surface area contributed by atoms with E-state index in [0.717, 1.165) is 43.3 Å². The van der Waals surface area contributed by atoms with E-state index in [2.05, 4.69) is 4.90 Å². The number of ether oxygens (including phenoxy) is 3. The number of piperidine rings is 1. The number of carbonyl (C=O) groups excluding carboxylic acids is 1. The molecule has 35 heavy (non-hydrogen) atoms. The van der Waals surface area contributed by atoms with Crippen molar-refractivity contribution in [2.75, 3.05) is 26.2 Å². The van der Waals surface area contributed by atoms with Gasteiger partial charge in [0.05, 0.1) is 18.6 Å². The van der Waals surface area contributed by atoms with Crippen molar-refractivity contribution < 1.29 is 32.2 Å². The first-order chi connectivity index (χ1) is 16.5. The molecule has 0 saturated carbocycles. The fraction of sp³-hybridized carbons (Fsp3) is 0.519. The molecular formula is C27H32F3NO4. The molecule has 0 bridgehead atoms. The van der Waals surface area contributed by atoms with Crippen molar-refractivity contribution in [2.24, 2.45) is 0 Å². The van der Waals surface area contributed by atoms with Crippen molar-refractivity contribution in [1.29, 1.82) is 0 Å². The summed E-state index contributed by atoms with van der Waals surface area (Å²) < 4.78 is 57.0. The van der Waals surface area contributed by atoms with Gasteiger partial charge in [-0.2, -0.15) is 13.2 Å². The summed E-state index contributed by atoms with van der Waals surface area (Å²) >= 11 is 0. The molecule has 0 unspecified atom stereocenters. The van der Waals surface area contributed by atoms with Gasteiger partial charge in [-0.25, -0.2) is 0 Å². The zero-order valence-electron chi connectivity index (χ0n) is 20.4. The van der Waals surface area contributed by atoms with Crippen LogP contribution in [-0.2, 0) is 27.7 Å². The number of alkyl halides is 3. The molecular weight excluding hydrogens is 459 g/mol. The van der Waals surface area contributed by atoms with E-state index in [0.29, 0.717) is 25.3 Å². The molecule has 1 saturated heterocycles. The molecule has 0 amide bonds. The molecule has 4 rings (SSSR count). The number of carbonyl (C=O) groups is 1. The summed E-state index contributed by atoms with van der Waals surface area (Å²) in [6, 6.07) is 11.0. The van der Waals surface area contributed by atoms with Crippen molar-refractivity contribution in [1.82, 2.24) is 4.90 Å². The van der Waals surface area contributed by atoms with E-state index in [1.807, 2.05) is 32.9 Å². The van der Waals surface area contributed by atoms with Crippen LogP contribution in [0.5, 0.6) is 11.5 Å². The molecule has 2 aliphatic rings. The van der Waals surface area contributed by atoms with Gasteiger partial charge in [0.1, 0.15) is 23.7 Å². The van der Waals surface area contributed by atoms with E-state index >= 15 is 0 Å². The predicted octanol–water partition coefficient (Wildman–Crippen LogP) is 5.74. The monoisotopic (exact) mass is 491 g/mol. The molecule has 0 radical (unpaired) electrons. The van der Waals surface area contributed by atoms with Crippen molar-refractivity contribution in [3.63, 3.8) is 0 Å². The Labute approximate surface area is 204 Å². The van der Waals surface area contributed by atoms with E-state index in [1.165, 1.54) is 12.1 Å². The Kier molecular flexibility index (Phi) is 7.04. The molecule has 0 N–H and O–H groups in total. The number of halogens is 3. The number of hydrogen-bond acceptors (Lipinski definition) is 5. The molecule has 190 valence electrons. The molecule has 1 fully saturated rings. The highest BCUT2D eigenvalue weighted by molar-refractivity contribution is 5.70. The van der Waals surface area contributed by atoms with Crippen LogP contribution in [0.15, 0.2) is 42.5 Å². The highest BCUT2D eigenvalue weighted by atomic mass is 19.4. The number of fused-ring (bicyclic) bond motifs is 2. The molecule has 1 spiro atoms. The van der Waals surface area contributed by atoms with Crippen LogP contribution in [0.3, 0.4) is 0 Å². The Bertz CT molecular complexity index is 1050. The molecule has 2 heterocycles. The van der Waals surface area contributed by atoms with E-state index in [-0.39, 0.29) is 23.6 Å². The second-order valence-electron chi connectivity index (χ2n) is 10.3. The van der Waals surface area contributed by atoms with Gasteiger partial charge in [0, 0.05) is 23.1 Å². The van der Waals surface area contributed by atoms with Crippen molar-refractivity contribution >= 4 is 5.97 Å². The molecule has 5 nitrogen and oxygen atoms in total. The smallest absolute Gasteiger partial charge is 0.416 e. The molecule has 0 aliphatic carbocycles. The average molecular weight is 492 g/mol. The topological polar surface area (TPSA) is 48.0 Å². The number of likely N-dealkylation sites (tertiary alicyclic amines) is 1. The largest absolute Gasteiger partial charge is 0.492 e. The first-order valence-electron chi connectivity index (χ1n) is 11.9. The van der Waals surface area contributed by atoms with E-state index in [4.69, 9.17) is 14.2 Å². The fourth-order valence-corrected chi connectivity index (χ4v) is 4.78. The SMILES string of the molecule is CC(C)(C)OC(=O)CCN1CCC2(CC1)COc1ccc(OCc3ccccc3C(F)(F)F)cc12. The lowest BCUT2D eigenvalue weighted by molar-refractivity contribution is -0.155. The van der Waals surface area contributed by atoms with Gasteiger partial charge in [-0.3, -0.25) is 4.79 Å². The maximum Gasteiger partial charge on any atom is 0.416 e. The molecule has 8 heteroatoms. The predicted molar refractivity (Wildman–Crippen MR) is 126 cm³/mol. The summed E-state index contributed by atoms with van der Waals surface area (Å²) in [5, 5.41) is 0. The van der Waals surface area contributed by atoms with Gasteiger partial charge in [-0.1, -0.05) is 18.2 Å². The number of nitrogens with zero attached hydrogens (tertiary/aromatic N) is 1. The summed E-state index contributed by atoms with van der Waals surface area (Å²) in [5.41, 5.74) is -0.167. The van der Waals surface area contributed by atoms with E-state index in [1.54, 1.807) is 12.1 Å². The number of esters is 1. The zero-order chi connectivity index (χ0) is 25.3. The normalized spacial score (nSPS) is 17.7. The van der Waals surface area contributed by atoms with E-state index in [9.17, 15) is 18.0 Å². The lowest BCUT2D eigenvalue weighted by Crippen LogP contribution is -2.44. The summed E-state index contributed by atoms with van der Waals surface area (Å²) in [6.07, 6.45) is -2.33. The summed E-state index contributed by atoms with van der Waals surface area (Å²) in [7, 11) is 0. The van der Waals surface area contributed by atoms with Crippen LogP contribution in [0, 0.1) is 0 Å². The molecule has 2 aliphatic heterocycles. The highest BCUT2D eigenvalue weighted by Gasteiger charge is 2.43. The number of rotatable bonds is 6. The summed E-state index contributed by atoms with van der Waals surface area (Å²) in [4.78, 5) is 14.3. The molecule has 0 atom stereocenters.